The molecule has 1 heterocycles. The summed E-state index contributed by atoms with van der Waals surface area (Å²) in [6.07, 6.45) is 1.71. The van der Waals surface area contributed by atoms with Gasteiger partial charge in [0.05, 0.1) is 20.6 Å². The van der Waals surface area contributed by atoms with Gasteiger partial charge in [0.1, 0.15) is 18.2 Å². The summed E-state index contributed by atoms with van der Waals surface area (Å²) in [5, 5.41) is 3.81. The van der Waals surface area contributed by atoms with Gasteiger partial charge in [0.25, 0.3) is 5.91 Å². The predicted octanol–water partition coefficient (Wildman–Crippen LogP) is 6.60. The number of para-hydroxylation sites is 1. The Morgan fingerprint density at radius 2 is 1.81 bits per heavy atom. The number of nitrogens with zero attached hydrogens (tertiary/aromatic N) is 1. The van der Waals surface area contributed by atoms with Crippen LogP contribution < -0.4 is 10.1 Å². The second-order valence-corrected chi connectivity index (χ2v) is 8.29. The fourth-order valence-corrected chi connectivity index (χ4v) is 3.98. The van der Waals surface area contributed by atoms with Crippen molar-refractivity contribution in [2.24, 2.45) is 4.99 Å². The number of benzene rings is 3. The lowest BCUT2D eigenvalue weighted by molar-refractivity contribution is -0.115. The van der Waals surface area contributed by atoms with E-state index in [0.717, 1.165) is 0 Å². The highest BCUT2D eigenvalue weighted by molar-refractivity contribution is 8.18. The molecular weight excluding hydrogens is 458 g/mol. The second kappa shape index (κ2) is 9.56. The van der Waals surface area contributed by atoms with E-state index < -0.39 is 0 Å². The van der Waals surface area contributed by atoms with Crippen LogP contribution in [-0.4, -0.2) is 11.1 Å². The largest absolute Gasteiger partial charge is 0.488 e. The molecule has 1 aliphatic heterocycles. The first-order valence-corrected chi connectivity index (χ1v) is 10.8. The molecule has 1 amide bonds. The predicted molar refractivity (Wildman–Crippen MR) is 124 cm³/mol. The SMILES string of the molecule is O=C1NC(=Nc2cccc(Cl)c2Cl)S/C1=C/c1ccccc1OCc1ccccc1F. The normalized spacial score (nSPS) is 16.0. The molecular formula is C23H15Cl2FN2O2S. The summed E-state index contributed by atoms with van der Waals surface area (Å²) < 4.78 is 19.7. The van der Waals surface area contributed by atoms with Crippen LogP contribution in [0.4, 0.5) is 10.1 Å². The van der Waals surface area contributed by atoms with Crippen LogP contribution in [0, 0.1) is 5.82 Å². The van der Waals surface area contributed by atoms with E-state index in [9.17, 15) is 9.18 Å². The lowest BCUT2D eigenvalue weighted by Crippen LogP contribution is -2.19. The molecule has 0 atom stereocenters. The molecule has 1 fully saturated rings. The third kappa shape index (κ3) is 5.10. The molecule has 0 aromatic heterocycles. The Balaban J connectivity index is 1.55. The molecule has 4 rings (SSSR count). The van der Waals surface area contributed by atoms with Crippen LogP contribution in [-0.2, 0) is 11.4 Å². The molecule has 0 unspecified atom stereocenters. The van der Waals surface area contributed by atoms with Crippen molar-refractivity contribution in [1.82, 2.24) is 5.32 Å². The van der Waals surface area contributed by atoms with E-state index in [2.05, 4.69) is 10.3 Å². The number of nitrogens with one attached hydrogen (secondary N) is 1. The Hall–Kier alpha value is -2.80. The van der Waals surface area contributed by atoms with Crippen LogP contribution in [0.2, 0.25) is 10.0 Å². The van der Waals surface area contributed by atoms with Gasteiger partial charge >= 0.3 is 0 Å². The van der Waals surface area contributed by atoms with Crippen molar-refractivity contribution in [1.29, 1.82) is 0 Å². The average Bonchev–Trinajstić information content (AvgIpc) is 3.10. The van der Waals surface area contributed by atoms with Gasteiger partial charge < -0.3 is 10.1 Å². The number of amides is 1. The molecule has 4 nitrogen and oxygen atoms in total. The first kappa shape index (κ1) is 21.4. The minimum atomic E-state index is -0.329. The van der Waals surface area contributed by atoms with Crippen molar-refractivity contribution in [3.8, 4) is 5.75 Å². The van der Waals surface area contributed by atoms with Gasteiger partial charge in [-0.05, 0) is 42.1 Å². The topological polar surface area (TPSA) is 50.7 Å². The maximum absolute atomic E-state index is 13.9. The van der Waals surface area contributed by atoms with Gasteiger partial charge in [-0.25, -0.2) is 9.38 Å². The van der Waals surface area contributed by atoms with E-state index in [-0.39, 0.29) is 18.3 Å². The minimum absolute atomic E-state index is 0.0756. The molecule has 1 aliphatic rings. The summed E-state index contributed by atoms with van der Waals surface area (Å²) in [5.41, 5.74) is 1.61. The second-order valence-electron chi connectivity index (χ2n) is 6.47. The third-order valence-electron chi connectivity index (χ3n) is 4.35. The summed E-state index contributed by atoms with van der Waals surface area (Å²) in [6, 6.07) is 18.8. The fraction of sp³-hybridized carbons (Fsp3) is 0.0435. The summed E-state index contributed by atoms with van der Waals surface area (Å²) in [7, 11) is 0. The van der Waals surface area contributed by atoms with Crippen molar-refractivity contribution >= 4 is 57.8 Å². The van der Waals surface area contributed by atoms with Gasteiger partial charge in [-0.2, -0.15) is 0 Å². The monoisotopic (exact) mass is 472 g/mol. The van der Waals surface area contributed by atoms with E-state index in [1.54, 1.807) is 48.5 Å². The van der Waals surface area contributed by atoms with E-state index in [1.807, 2.05) is 18.2 Å². The van der Waals surface area contributed by atoms with E-state index in [1.165, 1.54) is 17.8 Å². The number of halogens is 3. The highest BCUT2D eigenvalue weighted by Gasteiger charge is 2.24. The van der Waals surface area contributed by atoms with E-state index >= 15 is 0 Å². The maximum atomic E-state index is 13.9. The number of rotatable bonds is 5. The van der Waals surface area contributed by atoms with Crippen molar-refractivity contribution in [2.75, 3.05) is 0 Å². The third-order valence-corrected chi connectivity index (χ3v) is 6.07. The van der Waals surface area contributed by atoms with Gasteiger partial charge in [-0.3, -0.25) is 4.79 Å². The van der Waals surface area contributed by atoms with Gasteiger partial charge in [0, 0.05) is 11.1 Å². The van der Waals surface area contributed by atoms with E-state index in [0.29, 0.717) is 42.7 Å². The van der Waals surface area contributed by atoms with Crippen molar-refractivity contribution in [2.45, 2.75) is 6.61 Å². The molecule has 0 bridgehead atoms. The number of carbonyl (C=O) groups excluding carboxylic acids is 1. The molecule has 3 aromatic carbocycles. The zero-order valence-electron chi connectivity index (χ0n) is 15.9. The Bertz CT molecular complexity index is 1210. The Morgan fingerprint density at radius 1 is 1.03 bits per heavy atom. The molecule has 0 aliphatic carbocycles. The summed E-state index contributed by atoms with van der Waals surface area (Å²) >= 11 is 13.4. The molecule has 0 saturated carbocycles. The van der Waals surface area contributed by atoms with Crippen LogP contribution in [0.3, 0.4) is 0 Å². The van der Waals surface area contributed by atoms with Gasteiger partial charge in [-0.15, -0.1) is 0 Å². The number of carbonyl (C=O) groups is 1. The lowest BCUT2D eigenvalue weighted by atomic mass is 10.1. The van der Waals surface area contributed by atoms with Crippen LogP contribution in [0.5, 0.6) is 5.75 Å². The Labute approximate surface area is 192 Å². The van der Waals surface area contributed by atoms with Gasteiger partial charge in [0.2, 0.25) is 0 Å². The van der Waals surface area contributed by atoms with Crippen molar-refractivity contribution in [3.63, 3.8) is 0 Å². The van der Waals surface area contributed by atoms with E-state index in [4.69, 9.17) is 27.9 Å². The maximum Gasteiger partial charge on any atom is 0.264 e. The zero-order chi connectivity index (χ0) is 21.8. The summed E-state index contributed by atoms with van der Waals surface area (Å²) in [5.74, 6) is -0.0784. The van der Waals surface area contributed by atoms with Crippen LogP contribution in [0.1, 0.15) is 11.1 Å². The lowest BCUT2D eigenvalue weighted by Gasteiger charge is -2.10. The molecule has 1 saturated heterocycles. The molecule has 0 spiro atoms. The van der Waals surface area contributed by atoms with Crippen LogP contribution in [0.25, 0.3) is 6.08 Å². The number of ether oxygens (including phenoxy) is 1. The standard InChI is InChI=1S/C23H15Cl2FN2O2S/c24-16-8-5-10-18(21(16)25)27-23-28-22(29)20(31-23)12-14-6-2-4-11-19(14)30-13-15-7-1-3-9-17(15)26/h1-12H,13H2,(H,27,28,29)/b20-12+. The smallest absolute Gasteiger partial charge is 0.264 e. The average molecular weight is 473 g/mol. The Kier molecular flexibility index (Phi) is 6.61. The molecule has 0 radical (unpaired) electrons. The minimum Gasteiger partial charge on any atom is -0.488 e. The molecule has 156 valence electrons. The highest BCUT2D eigenvalue weighted by atomic mass is 35.5. The van der Waals surface area contributed by atoms with Gasteiger partial charge in [0.15, 0.2) is 5.17 Å². The van der Waals surface area contributed by atoms with Crippen molar-refractivity contribution < 1.29 is 13.9 Å². The molecule has 1 N–H and O–H groups in total. The molecule has 3 aromatic rings. The molecule has 8 heteroatoms. The quantitative estimate of drug-likeness (QED) is 0.425. The van der Waals surface area contributed by atoms with Crippen LogP contribution >= 0.6 is 35.0 Å². The summed E-state index contributed by atoms with van der Waals surface area (Å²) in [6.45, 7) is 0.0756. The summed E-state index contributed by atoms with van der Waals surface area (Å²) in [4.78, 5) is 17.3. The first-order chi connectivity index (χ1) is 15.0. The van der Waals surface area contributed by atoms with Gasteiger partial charge in [-0.1, -0.05) is 65.7 Å². The number of hydrogen-bond acceptors (Lipinski definition) is 4. The number of thioether (sulfide) groups is 1. The van der Waals surface area contributed by atoms with Crippen LogP contribution in [0.15, 0.2) is 76.6 Å². The highest BCUT2D eigenvalue weighted by Crippen LogP contribution is 2.35. The zero-order valence-corrected chi connectivity index (χ0v) is 18.3. The fourth-order valence-electron chi connectivity index (χ4n) is 2.81. The van der Waals surface area contributed by atoms with Crippen molar-refractivity contribution in [3.05, 3.63) is 98.6 Å². The number of aliphatic imine (C=N–C) groups is 1. The molecule has 31 heavy (non-hydrogen) atoms. The Morgan fingerprint density at radius 3 is 2.65 bits per heavy atom. The number of amidine groups is 1. The first-order valence-electron chi connectivity index (χ1n) is 9.20. The number of hydrogen-bond donors (Lipinski definition) is 1.